The first-order chi connectivity index (χ1) is 13.2. The molecule has 0 amide bonds. The molecule has 1 saturated carbocycles. The van der Waals surface area contributed by atoms with Crippen molar-refractivity contribution in [3.63, 3.8) is 0 Å². The summed E-state index contributed by atoms with van der Waals surface area (Å²) in [5.41, 5.74) is 2.11. The van der Waals surface area contributed by atoms with E-state index in [1.165, 1.54) is 5.57 Å². The number of aromatic hydroxyl groups is 1. The molecule has 2 aliphatic heterocycles. The fraction of sp³-hybridized carbons (Fsp3) is 0.625. The van der Waals surface area contributed by atoms with Gasteiger partial charge in [-0.2, -0.15) is 0 Å². The lowest BCUT2D eigenvalue weighted by atomic mass is 9.60. The number of allylic oxidation sites excluding steroid dienone is 2. The molecule has 152 valence electrons. The molecular formula is C24H32O4. The highest BCUT2D eigenvalue weighted by atomic mass is 16.5. The lowest BCUT2D eigenvalue weighted by Crippen LogP contribution is -2.55. The van der Waals surface area contributed by atoms with Crippen LogP contribution < -0.4 is 9.47 Å². The van der Waals surface area contributed by atoms with Crippen LogP contribution in [-0.2, 0) is 0 Å². The third-order valence-corrected chi connectivity index (χ3v) is 7.02. The number of ketones is 1. The van der Waals surface area contributed by atoms with E-state index < -0.39 is 0 Å². The number of benzene rings is 1. The zero-order chi connectivity index (χ0) is 20.3. The van der Waals surface area contributed by atoms with Crippen molar-refractivity contribution >= 4 is 5.78 Å². The zero-order valence-electron chi connectivity index (χ0n) is 17.7. The van der Waals surface area contributed by atoms with Crippen LogP contribution >= 0.6 is 0 Å². The molecule has 1 aromatic rings. The van der Waals surface area contributed by atoms with Gasteiger partial charge in [0.25, 0.3) is 0 Å². The quantitative estimate of drug-likeness (QED) is 0.506. The molecule has 0 aromatic heterocycles. The van der Waals surface area contributed by atoms with Crippen LogP contribution in [0.2, 0.25) is 0 Å². The van der Waals surface area contributed by atoms with E-state index in [0.29, 0.717) is 35.3 Å². The maximum atomic E-state index is 12.7. The van der Waals surface area contributed by atoms with Crippen LogP contribution in [0, 0.1) is 5.92 Å². The second kappa shape index (κ2) is 6.53. The number of fused-ring (bicyclic) bond motifs is 1. The van der Waals surface area contributed by atoms with Crippen molar-refractivity contribution in [2.75, 3.05) is 0 Å². The second-order valence-corrected chi connectivity index (χ2v) is 9.53. The Kier molecular flexibility index (Phi) is 4.52. The van der Waals surface area contributed by atoms with E-state index in [4.69, 9.17) is 9.47 Å². The topological polar surface area (TPSA) is 55.8 Å². The van der Waals surface area contributed by atoms with Crippen molar-refractivity contribution in [2.24, 2.45) is 5.92 Å². The zero-order valence-corrected chi connectivity index (χ0v) is 17.7. The third-order valence-electron chi connectivity index (χ3n) is 7.02. The number of ether oxygens (including phenoxy) is 2. The summed E-state index contributed by atoms with van der Waals surface area (Å²) < 4.78 is 13.0. The van der Waals surface area contributed by atoms with Crippen LogP contribution in [0.1, 0.15) is 95.0 Å². The summed E-state index contributed by atoms with van der Waals surface area (Å²) in [5.74, 6) is 1.89. The molecule has 4 rings (SSSR count). The van der Waals surface area contributed by atoms with Crippen molar-refractivity contribution in [1.29, 1.82) is 0 Å². The first-order valence-electron chi connectivity index (χ1n) is 10.6. The predicted molar refractivity (Wildman–Crippen MR) is 110 cm³/mol. The van der Waals surface area contributed by atoms with Gasteiger partial charge < -0.3 is 14.6 Å². The fourth-order valence-electron chi connectivity index (χ4n) is 5.58. The molecule has 4 unspecified atom stereocenters. The second-order valence-electron chi connectivity index (χ2n) is 9.53. The number of rotatable bonds is 5. The molecule has 0 spiro atoms. The van der Waals surface area contributed by atoms with Gasteiger partial charge in [0, 0.05) is 29.9 Å². The highest BCUT2D eigenvalue weighted by molar-refractivity contribution is 6.02. The van der Waals surface area contributed by atoms with Crippen molar-refractivity contribution in [3.05, 3.63) is 28.8 Å². The van der Waals surface area contributed by atoms with Crippen LogP contribution in [-0.4, -0.2) is 22.1 Å². The Hall–Kier alpha value is -1.97. The molecule has 0 saturated heterocycles. The van der Waals surface area contributed by atoms with Gasteiger partial charge in [-0.3, -0.25) is 4.79 Å². The molecule has 0 radical (unpaired) electrons. The summed E-state index contributed by atoms with van der Waals surface area (Å²) in [4.78, 5) is 12.7. The Labute approximate surface area is 167 Å². The van der Waals surface area contributed by atoms with Gasteiger partial charge in [-0.25, -0.2) is 0 Å². The minimum atomic E-state index is -0.351. The lowest BCUT2D eigenvalue weighted by molar-refractivity contribution is -0.0840. The van der Waals surface area contributed by atoms with Crippen LogP contribution in [0.4, 0.5) is 0 Å². The molecule has 1 fully saturated rings. The van der Waals surface area contributed by atoms with Gasteiger partial charge in [0.15, 0.2) is 5.78 Å². The van der Waals surface area contributed by atoms with Crippen molar-refractivity contribution in [1.82, 2.24) is 0 Å². The largest absolute Gasteiger partial charge is 0.507 e. The van der Waals surface area contributed by atoms with Crippen LogP contribution in [0.15, 0.2) is 17.7 Å². The number of Topliss-reactive ketones (excluding diaryl/α,β-unsaturated/α-hetero) is 1. The Balaban J connectivity index is 1.86. The number of carbonyl (C=O) groups is 1. The molecule has 1 N–H and O–H groups in total. The van der Waals surface area contributed by atoms with Crippen LogP contribution in [0.25, 0.3) is 0 Å². The minimum Gasteiger partial charge on any atom is -0.507 e. The minimum absolute atomic E-state index is 0.0192. The van der Waals surface area contributed by atoms with Crippen molar-refractivity contribution in [2.45, 2.75) is 90.3 Å². The number of phenols is 1. The monoisotopic (exact) mass is 384 g/mol. The molecule has 2 heterocycles. The van der Waals surface area contributed by atoms with Gasteiger partial charge in [0.1, 0.15) is 34.0 Å². The summed E-state index contributed by atoms with van der Waals surface area (Å²) in [6, 6.07) is 1.64. The van der Waals surface area contributed by atoms with Gasteiger partial charge in [-0.05, 0) is 59.8 Å². The molecule has 1 aliphatic carbocycles. The van der Waals surface area contributed by atoms with Gasteiger partial charge in [-0.15, -0.1) is 0 Å². The predicted octanol–water partition coefficient (Wildman–Crippen LogP) is 5.92. The normalized spacial score (nSPS) is 32.2. The van der Waals surface area contributed by atoms with Crippen LogP contribution in [0.5, 0.6) is 17.2 Å². The summed E-state index contributed by atoms with van der Waals surface area (Å²) >= 11 is 0. The SMILES string of the molecule is CCC(=O)c1c(O)cc2c3c1OC(C)(CCC=C(C)C)C1CCC(C)(CC31)O2. The lowest BCUT2D eigenvalue weighted by Gasteiger charge is -2.56. The summed E-state index contributed by atoms with van der Waals surface area (Å²) in [6.07, 6.45) is 7.44. The van der Waals surface area contributed by atoms with E-state index >= 15 is 0 Å². The summed E-state index contributed by atoms with van der Waals surface area (Å²) in [5, 5.41) is 10.7. The van der Waals surface area contributed by atoms with E-state index in [1.54, 1.807) is 6.07 Å². The molecular weight excluding hydrogens is 352 g/mol. The Morgan fingerprint density at radius 3 is 2.75 bits per heavy atom. The standard InChI is InChI=1S/C24H32O4/c1-6-17(25)21-18(26)12-19-20-15-13-23(4,27-19)11-9-16(15)24(5,28-22(20)21)10-7-8-14(2)3/h8,12,15-16,26H,6-7,9-11,13H2,1-5H3. The van der Waals surface area contributed by atoms with Crippen LogP contribution in [0.3, 0.4) is 0 Å². The van der Waals surface area contributed by atoms with Gasteiger partial charge >= 0.3 is 0 Å². The fourth-order valence-corrected chi connectivity index (χ4v) is 5.58. The Morgan fingerprint density at radius 2 is 2.07 bits per heavy atom. The molecule has 1 aromatic carbocycles. The van der Waals surface area contributed by atoms with Crippen molar-refractivity contribution in [3.8, 4) is 17.2 Å². The molecule has 4 atom stereocenters. The first kappa shape index (κ1) is 19.4. The first-order valence-corrected chi connectivity index (χ1v) is 10.6. The highest BCUT2D eigenvalue weighted by Crippen LogP contribution is 2.62. The maximum absolute atomic E-state index is 12.7. The van der Waals surface area contributed by atoms with Gasteiger partial charge in [0.2, 0.25) is 0 Å². The van der Waals surface area contributed by atoms with E-state index in [1.807, 2.05) is 6.92 Å². The molecule has 28 heavy (non-hydrogen) atoms. The van der Waals surface area contributed by atoms with Gasteiger partial charge in [-0.1, -0.05) is 18.6 Å². The highest BCUT2D eigenvalue weighted by Gasteiger charge is 2.56. The van der Waals surface area contributed by atoms with E-state index in [-0.39, 0.29) is 22.7 Å². The van der Waals surface area contributed by atoms with Gasteiger partial charge in [0.05, 0.1) is 0 Å². The van der Waals surface area contributed by atoms with E-state index in [9.17, 15) is 9.90 Å². The maximum Gasteiger partial charge on any atom is 0.170 e. The summed E-state index contributed by atoms with van der Waals surface area (Å²) in [6.45, 7) is 10.4. The molecule has 2 bridgehead atoms. The smallest absolute Gasteiger partial charge is 0.170 e. The summed E-state index contributed by atoms with van der Waals surface area (Å²) in [7, 11) is 0. The molecule has 4 nitrogen and oxygen atoms in total. The Bertz CT molecular complexity index is 851. The van der Waals surface area contributed by atoms with E-state index in [2.05, 4.69) is 33.8 Å². The average Bonchev–Trinajstić information content (AvgIpc) is 2.59. The number of phenolic OH excluding ortho intramolecular Hbond substituents is 1. The average molecular weight is 385 g/mol. The number of carbonyl (C=O) groups excluding carboxylic acids is 1. The molecule has 3 aliphatic rings. The number of hydrogen-bond acceptors (Lipinski definition) is 4. The number of hydrogen-bond donors (Lipinski definition) is 1. The molecule has 4 heteroatoms. The van der Waals surface area contributed by atoms with Crippen molar-refractivity contribution < 1.29 is 19.4 Å². The van der Waals surface area contributed by atoms with E-state index in [0.717, 1.165) is 37.7 Å². The third kappa shape index (κ3) is 2.92. The Morgan fingerprint density at radius 1 is 1.32 bits per heavy atom.